The highest BCUT2D eigenvalue weighted by Gasteiger charge is 2.29. The fourth-order valence-electron chi connectivity index (χ4n) is 5.11. The lowest BCUT2D eigenvalue weighted by molar-refractivity contribution is 0.106. The van der Waals surface area contributed by atoms with Gasteiger partial charge in [-0.2, -0.15) is 0 Å². The Morgan fingerprint density at radius 2 is 1.91 bits per heavy atom. The number of imidazole rings is 1. The van der Waals surface area contributed by atoms with E-state index in [0.29, 0.717) is 12.5 Å². The van der Waals surface area contributed by atoms with Crippen molar-refractivity contribution < 1.29 is 9.47 Å². The summed E-state index contributed by atoms with van der Waals surface area (Å²) >= 11 is 0. The molecule has 35 heavy (non-hydrogen) atoms. The van der Waals surface area contributed by atoms with E-state index in [2.05, 4.69) is 41.1 Å². The highest BCUT2D eigenvalue weighted by molar-refractivity contribution is 6.04. The number of hydrogen-bond donors (Lipinski definition) is 0. The largest absolute Gasteiger partial charge is 0.478 e. The Labute approximate surface area is 205 Å². The lowest BCUT2D eigenvalue weighted by Crippen LogP contribution is -2.25. The van der Waals surface area contributed by atoms with E-state index in [0.717, 1.165) is 65.3 Å². The second-order valence-corrected chi connectivity index (χ2v) is 9.65. The minimum atomic E-state index is -0.00103. The van der Waals surface area contributed by atoms with E-state index in [1.165, 1.54) is 0 Å². The summed E-state index contributed by atoms with van der Waals surface area (Å²) in [7, 11) is 7.68. The van der Waals surface area contributed by atoms with E-state index in [4.69, 9.17) is 9.47 Å². The van der Waals surface area contributed by atoms with Gasteiger partial charge < -0.3 is 14.4 Å². The van der Waals surface area contributed by atoms with Crippen LogP contribution in [0, 0.1) is 0 Å². The maximum Gasteiger partial charge on any atom is 0.329 e. The van der Waals surface area contributed by atoms with Gasteiger partial charge in [0.05, 0.1) is 35.5 Å². The average molecular weight is 476 g/mol. The molecule has 0 N–H and O–H groups in total. The van der Waals surface area contributed by atoms with Crippen LogP contribution in [0.1, 0.15) is 31.7 Å². The van der Waals surface area contributed by atoms with Crippen LogP contribution in [-0.4, -0.2) is 64.5 Å². The molecule has 184 valence electrons. The number of pyridine rings is 2. The van der Waals surface area contributed by atoms with Gasteiger partial charge in [0.15, 0.2) is 0 Å². The molecule has 8 nitrogen and oxygen atoms in total. The van der Waals surface area contributed by atoms with Gasteiger partial charge >= 0.3 is 5.69 Å². The van der Waals surface area contributed by atoms with E-state index in [1.54, 1.807) is 11.7 Å². The Morgan fingerprint density at radius 3 is 2.63 bits per heavy atom. The number of aryl methyl sites for hydroxylation is 1. The van der Waals surface area contributed by atoms with Gasteiger partial charge in [0, 0.05) is 50.0 Å². The van der Waals surface area contributed by atoms with Crippen LogP contribution in [0.3, 0.4) is 0 Å². The second-order valence-electron chi connectivity index (χ2n) is 9.65. The molecule has 5 rings (SSSR count). The second kappa shape index (κ2) is 9.79. The molecule has 1 fully saturated rings. The van der Waals surface area contributed by atoms with Crippen molar-refractivity contribution >= 4 is 21.9 Å². The number of hydrogen-bond acceptors (Lipinski definition) is 6. The lowest BCUT2D eigenvalue weighted by Gasteiger charge is -2.14. The van der Waals surface area contributed by atoms with Crippen molar-refractivity contribution in [1.29, 1.82) is 0 Å². The molecule has 1 aliphatic rings. The van der Waals surface area contributed by atoms with Crippen molar-refractivity contribution in [2.45, 2.75) is 37.8 Å². The minimum Gasteiger partial charge on any atom is -0.478 e. The highest BCUT2D eigenvalue weighted by atomic mass is 16.5. The Morgan fingerprint density at radius 1 is 1.09 bits per heavy atom. The molecule has 0 bridgehead atoms. The van der Waals surface area contributed by atoms with Crippen LogP contribution in [0.25, 0.3) is 33.1 Å². The Bertz CT molecular complexity index is 1390. The maximum atomic E-state index is 13.3. The zero-order valence-electron chi connectivity index (χ0n) is 20.9. The summed E-state index contributed by atoms with van der Waals surface area (Å²) < 4.78 is 15.0. The number of nitrogens with zero attached hydrogens (tertiary/aromatic N) is 5. The molecule has 1 aromatic carbocycles. The standard InChI is InChI=1S/C27H33N5O3/c1-30(2)12-5-13-35-25-11-7-19(16-29-25)18-6-10-23-22(14-18)26-24(17-28-23)31(3)27(33)32(26)20-8-9-21(15-20)34-4/h6-7,10-11,14,16-17,20-21H,5,8-9,12-13,15H2,1-4H3. The van der Waals surface area contributed by atoms with E-state index in [-0.39, 0.29) is 17.8 Å². The predicted octanol–water partition coefficient (Wildman–Crippen LogP) is 4.02. The van der Waals surface area contributed by atoms with Gasteiger partial charge in [-0.15, -0.1) is 0 Å². The average Bonchev–Trinajstić information content (AvgIpc) is 3.44. The smallest absolute Gasteiger partial charge is 0.329 e. The third kappa shape index (κ3) is 4.56. The van der Waals surface area contributed by atoms with Gasteiger partial charge in [-0.25, -0.2) is 9.78 Å². The first-order valence-corrected chi connectivity index (χ1v) is 12.2. The minimum absolute atomic E-state index is 0.00103. The first-order chi connectivity index (χ1) is 17.0. The summed E-state index contributed by atoms with van der Waals surface area (Å²) in [6.07, 6.45) is 7.54. The molecule has 0 amide bonds. The molecule has 1 aliphatic carbocycles. The van der Waals surface area contributed by atoms with Crippen LogP contribution in [0.15, 0.2) is 47.5 Å². The molecular formula is C27H33N5O3. The van der Waals surface area contributed by atoms with Gasteiger partial charge in [0.2, 0.25) is 5.88 Å². The Kier molecular flexibility index (Phi) is 6.58. The maximum absolute atomic E-state index is 13.3. The first kappa shape index (κ1) is 23.5. The number of fused-ring (bicyclic) bond motifs is 3. The summed E-state index contributed by atoms with van der Waals surface area (Å²) in [5.41, 5.74) is 4.69. The van der Waals surface area contributed by atoms with E-state index in [9.17, 15) is 4.79 Å². The molecule has 2 atom stereocenters. The molecule has 0 radical (unpaired) electrons. The molecule has 3 aromatic heterocycles. The SMILES string of the molecule is COC1CCC(n2c(=O)n(C)c3cnc4ccc(-c5ccc(OCCCN(C)C)nc5)cc4c32)C1. The zero-order valence-corrected chi connectivity index (χ0v) is 20.9. The number of aromatic nitrogens is 4. The van der Waals surface area contributed by atoms with Crippen LogP contribution in [0.4, 0.5) is 0 Å². The summed E-state index contributed by atoms with van der Waals surface area (Å²) in [4.78, 5) is 24.6. The molecule has 0 spiro atoms. The molecule has 0 aliphatic heterocycles. The molecule has 4 aromatic rings. The third-order valence-electron chi connectivity index (χ3n) is 7.04. The number of ether oxygens (including phenoxy) is 2. The topological polar surface area (TPSA) is 74.4 Å². The summed E-state index contributed by atoms with van der Waals surface area (Å²) in [6.45, 7) is 1.62. The molecule has 8 heteroatoms. The molecule has 1 saturated carbocycles. The van der Waals surface area contributed by atoms with Crippen molar-refractivity contribution in [3.05, 3.63) is 53.2 Å². The van der Waals surface area contributed by atoms with E-state index in [1.807, 2.05) is 42.2 Å². The zero-order chi connectivity index (χ0) is 24.5. The van der Waals surface area contributed by atoms with E-state index >= 15 is 0 Å². The van der Waals surface area contributed by atoms with E-state index < -0.39 is 0 Å². The summed E-state index contributed by atoms with van der Waals surface area (Å²) in [5, 5.41) is 0.975. The van der Waals surface area contributed by atoms with Gasteiger partial charge in [-0.3, -0.25) is 14.1 Å². The molecule has 0 saturated heterocycles. The van der Waals surface area contributed by atoms with Gasteiger partial charge in [0.1, 0.15) is 0 Å². The van der Waals surface area contributed by atoms with Crippen LogP contribution >= 0.6 is 0 Å². The van der Waals surface area contributed by atoms with Crippen LogP contribution < -0.4 is 10.4 Å². The Hall–Kier alpha value is -3.23. The van der Waals surface area contributed by atoms with Crippen LogP contribution in [0.5, 0.6) is 5.88 Å². The van der Waals surface area contributed by atoms with Crippen molar-refractivity contribution in [2.75, 3.05) is 34.4 Å². The number of benzene rings is 1. The highest BCUT2D eigenvalue weighted by Crippen LogP contribution is 2.35. The first-order valence-electron chi connectivity index (χ1n) is 12.2. The summed E-state index contributed by atoms with van der Waals surface area (Å²) in [5.74, 6) is 0.628. The fourth-order valence-corrected chi connectivity index (χ4v) is 5.11. The lowest BCUT2D eigenvalue weighted by atomic mass is 10.0. The quantitative estimate of drug-likeness (QED) is 0.359. The van der Waals surface area contributed by atoms with Crippen molar-refractivity contribution in [3.63, 3.8) is 0 Å². The van der Waals surface area contributed by atoms with Crippen molar-refractivity contribution in [1.82, 2.24) is 24.0 Å². The predicted molar refractivity (Wildman–Crippen MR) is 138 cm³/mol. The van der Waals surface area contributed by atoms with Crippen molar-refractivity contribution in [2.24, 2.45) is 7.05 Å². The Balaban J connectivity index is 1.50. The van der Waals surface area contributed by atoms with Gasteiger partial charge in [0.25, 0.3) is 0 Å². The normalized spacial score (nSPS) is 18.2. The number of methoxy groups -OCH3 is 1. The molecule has 2 unspecified atom stereocenters. The molecule has 3 heterocycles. The number of rotatable bonds is 8. The third-order valence-corrected chi connectivity index (χ3v) is 7.04. The van der Waals surface area contributed by atoms with Crippen LogP contribution in [0.2, 0.25) is 0 Å². The summed E-state index contributed by atoms with van der Waals surface area (Å²) in [6, 6.07) is 10.3. The molecular weight excluding hydrogens is 442 g/mol. The van der Waals surface area contributed by atoms with Gasteiger partial charge in [-0.05, 0) is 63.5 Å². The van der Waals surface area contributed by atoms with Crippen molar-refractivity contribution in [3.8, 4) is 17.0 Å². The monoisotopic (exact) mass is 475 g/mol. The van der Waals surface area contributed by atoms with Crippen LogP contribution in [-0.2, 0) is 11.8 Å². The van der Waals surface area contributed by atoms with Gasteiger partial charge in [-0.1, -0.05) is 6.07 Å². The fraction of sp³-hybridized carbons (Fsp3) is 0.444.